The largest absolute Gasteiger partial charge is 0.428 e. The van der Waals surface area contributed by atoms with Gasteiger partial charge in [-0.05, 0) is 28.1 Å². The zero-order valence-corrected chi connectivity index (χ0v) is 21.5. The van der Waals surface area contributed by atoms with Crippen molar-refractivity contribution in [1.82, 2.24) is 35.0 Å². The van der Waals surface area contributed by atoms with Crippen molar-refractivity contribution in [2.45, 2.75) is 36.5 Å². The Labute approximate surface area is 219 Å². The van der Waals surface area contributed by atoms with Gasteiger partial charge in [0.25, 0.3) is 5.91 Å². The second-order valence-electron chi connectivity index (χ2n) is 7.88. The number of carbonyl (C=O) groups is 5. The molecule has 2 amide bonds. The summed E-state index contributed by atoms with van der Waals surface area (Å²) >= 11 is 2.67. The van der Waals surface area contributed by atoms with E-state index in [1.54, 1.807) is 32.3 Å². The van der Waals surface area contributed by atoms with Crippen LogP contribution in [-0.2, 0) is 42.2 Å². The van der Waals surface area contributed by atoms with Gasteiger partial charge in [0.05, 0.1) is 5.69 Å². The first-order valence-electron chi connectivity index (χ1n) is 11.1. The second-order valence-corrected chi connectivity index (χ2v) is 9.93. The zero-order chi connectivity index (χ0) is 26.5. The minimum Gasteiger partial charge on any atom is -0.428 e. The van der Waals surface area contributed by atoms with Gasteiger partial charge in [-0.25, -0.2) is 9.48 Å². The number of amides is 2. The number of aryl methyl sites for hydroxylation is 1. The lowest BCUT2D eigenvalue weighted by atomic mass is 10.0. The third kappa shape index (κ3) is 5.69. The van der Waals surface area contributed by atoms with Crippen molar-refractivity contribution < 1.29 is 33.4 Å². The van der Waals surface area contributed by atoms with E-state index >= 15 is 0 Å². The number of fused-ring (bicyclic) bond motifs is 1. The fourth-order valence-corrected chi connectivity index (χ4v) is 5.98. The number of hydrogen-bond donors (Lipinski definition) is 1. The molecular weight excluding hydrogens is 526 g/mol. The van der Waals surface area contributed by atoms with Gasteiger partial charge in [0.1, 0.15) is 23.7 Å². The lowest BCUT2D eigenvalue weighted by Crippen LogP contribution is -2.70. The van der Waals surface area contributed by atoms with E-state index in [1.165, 1.54) is 37.7 Å². The van der Waals surface area contributed by atoms with Gasteiger partial charge in [0.2, 0.25) is 17.9 Å². The van der Waals surface area contributed by atoms with Gasteiger partial charge < -0.3 is 19.4 Å². The predicted molar refractivity (Wildman–Crippen MR) is 129 cm³/mol. The molecule has 2 unspecified atom stereocenters. The molecule has 2 atom stereocenters. The standard InChI is InChI=1S/C21H23N7O7S2/c1-3-15(31)34-11-35-20(33)17-12(10-37-21-23-24-25-26(21)2)9-36-19-16(18(32)28(17)19)22-14(30)7-27-6-4-5-13(27)8-29/h4-6,8,16,19H,3,7,9-11H2,1-2H3,(H,22,30). The smallest absolute Gasteiger partial charge is 0.357 e. The second kappa shape index (κ2) is 11.6. The summed E-state index contributed by atoms with van der Waals surface area (Å²) in [5.74, 6) is -1.60. The molecule has 2 aliphatic heterocycles. The number of rotatable bonds is 11. The fourth-order valence-electron chi connectivity index (χ4n) is 3.65. The molecule has 0 aromatic carbocycles. The van der Waals surface area contributed by atoms with Crippen molar-refractivity contribution >= 4 is 53.6 Å². The molecule has 2 aromatic heterocycles. The average molecular weight is 550 g/mol. The Morgan fingerprint density at radius 1 is 1.32 bits per heavy atom. The van der Waals surface area contributed by atoms with Crippen LogP contribution in [0.5, 0.6) is 0 Å². The molecule has 16 heteroatoms. The van der Waals surface area contributed by atoms with Gasteiger partial charge in [-0.1, -0.05) is 18.7 Å². The van der Waals surface area contributed by atoms with Crippen molar-refractivity contribution in [1.29, 1.82) is 0 Å². The third-order valence-electron chi connectivity index (χ3n) is 5.51. The van der Waals surface area contributed by atoms with E-state index in [2.05, 4.69) is 20.8 Å². The molecule has 0 saturated carbocycles. The fraction of sp³-hybridized carbons (Fsp3) is 0.429. The molecule has 2 aliphatic rings. The first kappa shape index (κ1) is 26.4. The maximum Gasteiger partial charge on any atom is 0.357 e. The molecule has 0 spiro atoms. The molecule has 14 nitrogen and oxygen atoms in total. The molecule has 1 saturated heterocycles. The molecule has 2 aromatic rings. The Bertz CT molecular complexity index is 1260. The third-order valence-corrected chi connectivity index (χ3v) is 7.95. The van der Waals surface area contributed by atoms with Gasteiger partial charge in [-0.3, -0.25) is 24.1 Å². The Kier molecular flexibility index (Phi) is 8.27. The van der Waals surface area contributed by atoms with E-state index < -0.39 is 42.0 Å². The summed E-state index contributed by atoms with van der Waals surface area (Å²) in [5.41, 5.74) is 0.992. The van der Waals surface area contributed by atoms with Gasteiger partial charge in [-0.15, -0.1) is 16.9 Å². The number of nitrogens with one attached hydrogen (secondary N) is 1. The van der Waals surface area contributed by atoms with E-state index in [9.17, 15) is 24.0 Å². The van der Waals surface area contributed by atoms with Crippen LogP contribution in [0.25, 0.3) is 0 Å². The van der Waals surface area contributed by atoms with Crippen LogP contribution in [0.4, 0.5) is 0 Å². The zero-order valence-electron chi connectivity index (χ0n) is 19.9. The minimum absolute atomic E-state index is 0.0445. The lowest BCUT2D eigenvalue weighted by Gasteiger charge is -2.49. The van der Waals surface area contributed by atoms with Crippen LogP contribution in [-0.4, -0.2) is 89.4 Å². The summed E-state index contributed by atoms with van der Waals surface area (Å²) in [5, 5.41) is 13.9. The van der Waals surface area contributed by atoms with Gasteiger partial charge in [0.15, 0.2) is 6.29 Å². The number of hydrogen-bond acceptors (Lipinski definition) is 12. The Hall–Kier alpha value is -3.66. The van der Waals surface area contributed by atoms with E-state index in [1.807, 2.05) is 0 Å². The molecule has 1 fully saturated rings. The topological polar surface area (TPSA) is 168 Å². The maximum atomic E-state index is 13.1. The highest BCUT2D eigenvalue weighted by Crippen LogP contribution is 2.41. The monoisotopic (exact) mass is 549 g/mol. The van der Waals surface area contributed by atoms with Gasteiger partial charge in [0, 0.05) is 31.2 Å². The van der Waals surface area contributed by atoms with E-state index in [0.29, 0.717) is 34.2 Å². The normalized spacial score (nSPS) is 18.6. The SMILES string of the molecule is CCC(=O)OCOC(=O)C1=C(CSc2nnnn2C)CSC2C(NC(=O)Cn3cccc3C=O)C(=O)N12. The van der Waals surface area contributed by atoms with Gasteiger partial charge in [-0.2, -0.15) is 0 Å². The molecule has 0 aliphatic carbocycles. The van der Waals surface area contributed by atoms with Crippen LogP contribution in [0.3, 0.4) is 0 Å². The van der Waals surface area contributed by atoms with E-state index in [0.717, 1.165) is 0 Å². The van der Waals surface area contributed by atoms with E-state index in [-0.39, 0.29) is 18.7 Å². The highest BCUT2D eigenvalue weighted by molar-refractivity contribution is 8.01. The average Bonchev–Trinajstić information content (AvgIpc) is 3.52. The minimum atomic E-state index is -0.856. The molecule has 0 bridgehead atoms. The predicted octanol–water partition coefficient (Wildman–Crippen LogP) is -0.276. The van der Waals surface area contributed by atoms with Crippen molar-refractivity contribution in [2.24, 2.45) is 7.05 Å². The summed E-state index contributed by atoms with van der Waals surface area (Å²) in [7, 11) is 1.68. The van der Waals surface area contributed by atoms with Crippen LogP contribution >= 0.6 is 23.5 Å². The summed E-state index contributed by atoms with van der Waals surface area (Å²) < 4.78 is 12.9. The highest BCUT2D eigenvalue weighted by atomic mass is 32.2. The Morgan fingerprint density at radius 2 is 2.14 bits per heavy atom. The van der Waals surface area contributed by atoms with Gasteiger partial charge >= 0.3 is 11.9 Å². The lowest BCUT2D eigenvalue weighted by molar-refractivity contribution is -0.167. The molecule has 1 N–H and O–H groups in total. The van der Waals surface area contributed by atoms with E-state index in [4.69, 9.17) is 9.47 Å². The Balaban J connectivity index is 1.47. The highest BCUT2D eigenvalue weighted by Gasteiger charge is 2.54. The van der Waals surface area contributed by atoms with Crippen LogP contribution in [0, 0.1) is 0 Å². The number of tetrazole rings is 1. The molecule has 4 heterocycles. The van der Waals surface area contributed by atoms with Crippen LogP contribution < -0.4 is 5.32 Å². The Morgan fingerprint density at radius 3 is 2.84 bits per heavy atom. The summed E-state index contributed by atoms with van der Waals surface area (Å²) in [6.45, 7) is 0.886. The molecule has 0 radical (unpaired) electrons. The number of nitrogens with zero attached hydrogens (tertiary/aromatic N) is 6. The summed E-state index contributed by atoms with van der Waals surface area (Å²) in [6, 6.07) is 2.36. The van der Waals surface area contributed by atoms with Crippen molar-refractivity contribution in [2.75, 3.05) is 18.3 Å². The number of β-lactam (4-membered cyclic amide) rings is 1. The number of thioether (sulfide) groups is 2. The number of esters is 2. The van der Waals surface area contributed by atoms with Crippen LogP contribution in [0.15, 0.2) is 34.8 Å². The number of aromatic nitrogens is 5. The maximum absolute atomic E-state index is 13.1. The van der Waals surface area contributed by atoms with Crippen molar-refractivity contribution in [3.05, 3.63) is 35.3 Å². The number of carbonyl (C=O) groups excluding carboxylic acids is 5. The molecule has 4 rings (SSSR count). The molecular formula is C21H23N7O7S2. The number of ether oxygens (including phenoxy) is 2. The first-order chi connectivity index (χ1) is 17.8. The summed E-state index contributed by atoms with van der Waals surface area (Å²) in [6.07, 6.45) is 2.35. The first-order valence-corrected chi connectivity index (χ1v) is 13.1. The quantitative estimate of drug-likeness (QED) is 0.128. The van der Waals surface area contributed by atoms with Crippen molar-refractivity contribution in [3.8, 4) is 0 Å². The molecule has 196 valence electrons. The van der Waals surface area contributed by atoms with Crippen molar-refractivity contribution in [3.63, 3.8) is 0 Å². The summed E-state index contributed by atoms with van der Waals surface area (Å²) in [4.78, 5) is 62.5. The van der Waals surface area contributed by atoms with Crippen LogP contribution in [0.2, 0.25) is 0 Å². The van der Waals surface area contributed by atoms with Crippen LogP contribution in [0.1, 0.15) is 23.8 Å². The number of aldehydes is 1. The molecule has 37 heavy (non-hydrogen) atoms.